The molecule has 0 saturated carbocycles. The van der Waals surface area contributed by atoms with E-state index in [-0.39, 0.29) is 31.2 Å². The van der Waals surface area contributed by atoms with Gasteiger partial charge < -0.3 is 9.47 Å². The van der Waals surface area contributed by atoms with Crippen LogP contribution in [0.2, 0.25) is 0 Å². The van der Waals surface area contributed by atoms with Gasteiger partial charge in [-0.05, 0) is 23.8 Å². The summed E-state index contributed by atoms with van der Waals surface area (Å²) in [6.07, 6.45) is 2.35. The lowest BCUT2D eigenvalue weighted by atomic mass is 10.2. The minimum Gasteiger partial charge on any atom is -0.497 e. The van der Waals surface area contributed by atoms with Gasteiger partial charge in [0.15, 0.2) is 0 Å². The van der Waals surface area contributed by atoms with E-state index >= 15 is 0 Å². The van der Waals surface area contributed by atoms with Crippen molar-refractivity contribution in [2.75, 3.05) is 13.7 Å². The largest absolute Gasteiger partial charge is 0.497 e. The average Bonchev–Trinajstić information content (AvgIpc) is 2.94. The number of amides is 2. The van der Waals surface area contributed by atoms with Gasteiger partial charge in [0.05, 0.1) is 13.7 Å². The van der Waals surface area contributed by atoms with Crippen LogP contribution in [0.3, 0.4) is 0 Å². The van der Waals surface area contributed by atoms with Crippen LogP contribution in [-0.4, -0.2) is 30.4 Å². The Bertz CT molecular complexity index is 782. The predicted molar refractivity (Wildman–Crippen MR) is 94.0 cm³/mol. The summed E-state index contributed by atoms with van der Waals surface area (Å²) in [6, 6.07) is 16.8. The second kappa shape index (κ2) is 7.66. The highest BCUT2D eigenvalue weighted by molar-refractivity contribution is 6.02. The van der Waals surface area contributed by atoms with Gasteiger partial charge in [-0.1, -0.05) is 36.4 Å². The maximum Gasteiger partial charge on any atom is 0.230 e. The molecule has 0 spiro atoms. The quantitative estimate of drug-likeness (QED) is 0.600. The number of carbonyl (C=O) groups excluding carboxylic acids is 2. The molecule has 1 aliphatic heterocycles. The van der Waals surface area contributed by atoms with Crippen LogP contribution in [-0.2, 0) is 9.59 Å². The van der Waals surface area contributed by atoms with Gasteiger partial charge in [0.1, 0.15) is 17.3 Å². The molecule has 1 fully saturated rings. The van der Waals surface area contributed by atoms with Crippen molar-refractivity contribution >= 4 is 17.9 Å². The van der Waals surface area contributed by atoms with Crippen LogP contribution in [0, 0.1) is 0 Å². The van der Waals surface area contributed by atoms with Gasteiger partial charge in [-0.2, -0.15) is 0 Å². The molecular formula is C20H19NO4. The number of carbonyl (C=O) groups is 2. The van der Waals surface area contributed by atoms with Crippen LogP contribution in [0.15, 0.2) is 60.4 Å². The van der Waals surface area contributed by atoms with Crippen LogP contribution in [0.4, 0.5) is 0 Å². The number of imide groups is 1. The second-order valence-electron chi connectivity index (χ2n) is 5.68. The van der Waals surface area contributed by atoms with Crippen LogP contribution in [0.25, 0.3) is 6.08 Å². The van der Waals surface area contributed by atoms with Gasteiger partial charge in [0.2, 0.25) is 11.8 Å². The fourth-order valence-electron chi connectivity index (χ4n) is 2.61. The summed E-state index contributed by atoms with van der Waals surface area (Å²) in [7, 11) is 1.58. The van der Waals surface area contributed by atoms with Crippen LogP contribution < -0.4 is 9.47 Å². The molecule has 3 rings (SSSR count). The van der Waals surface area contributed by atoms with Crippen molar-refractivity contribution in [3.05, 3.63) is 65.9 Å². The standard InChI is InChI=1S/C20H19NO4/c1-24-16-8-5-9-17(13-16)25-18(12-15-6-3-2-4-7-15)14-21-19(22)10-11-20(21)23/h2-9,12-13H,10-11,14H2,1H3/b18-12-. The van der Waals surface area contributed by atoms with Gasteiger partial charge in [0.25, 0.3) is 0 Å². The molecule has 0 unspecified atom stereocenters. The first-order valence-electron chi connectivity index (χ1n) is 8.06. The summed E-state index contributed by atoms with van der Waals surface area (Å²) in [6.45, 7) is 0.115. The van der Waals surface area contributed by atoms with Gasteiger partial charge in [-0.3, -0.25) is 14.5 Å². The van der Waals surface area contributed by atoms with Crippen molar-refractivity contribution in [1.82, 2.24) is 4.90 Å². The van der Waals surface area contributed by atoms with Crippen molar-refractivity contribution in [1.29, 1.82) is 0 Å². The number of rotatable bonds is 6. The Balaban J connectivity index is 1.87. The van der Waals surface area contributed by atoms with Gasteiger partial charge >= 0.3 is 0 Å². The van der Waals surface area contributed by atoms with Crippen LogP contribution >= 0.6 is 0 Å². The molecule has 0 N–H and O–H groups in total. The smallest absolute Gasteiger partial charge is 0.230 e. The number of hydrogen-bond donors (Lipinski definition) is 0. The highest BCUT2D eigenvalue weighted by atomic mass is 16.5. The topological polar surface area (TPSA) is 55.8 Å². The maximum absolute atomic E-state index is 11.9. The summed E-state index contributed by atoms with van der Waals surface area (Å²) >= 11 is 0. The molecule has 0 bridgehead atoms. The molecule has 0 aliphatic carbocycles. The summed E-state index contributed by atoms with van der Waals surface area (Å²) in [5.41, 5.74) is 0.930. The van der Waals surface area contributed by atoms with E-state index in [1.165, 1.54) is 4.90 Å². The van der Waals surface area contributed by atoms with Crippen LogP contribution in [0.1, 0.15) is 18.4 Å². The van der Waals surface area contributed by atoms with E-state index in [1.807, 2.05) is 48.5 Å². The van der Waals surface area contributed by atoms with E-state index in [9.17, 15) is 9.59 Å². The Hall–Kier alpha value is -3.08. The molecule has 0 atom stereocenters. The van der Waals surface area contributed by atoms with Crippen molar-refractivity contribution in [2.24, 2.45) is 0 Å². The molecule has 1 aliphatic rings. The molecule has 0 aromatic heterocycles. The third-order valence-electron chi connectivity index (χ3n) is 3.89. The monoisotopic (exact) mass is 337 g/mol. The van der Waals surface area contributed by atoms with E-state index in [4.69, 9.17) is 9.47 Å². The zero-order chi connectivity index (χ0) is 17.6. The van der Waals surface area contributed by atoms with Crippen molar-refractivity contribution in [3.63, 3.8) is 0 Å². The molecule has 2 aromatic carbocycles. The number of likely N-dealkylation sites (tertiary alicyclic amines) is 1. The molecule has 25 heavy (non-hydrogen) atoms. The van der Waals surface area contributed by atoms with Gasteiger partial charge in [-0.25, -0.2) is 0 Å². The van der Waals surface area contributed by atoms with Crippen molar-refractivity contribution < 1.29 is 19.1 Å². The Kier molecular flexibility index (Phi) is 5.14. The van der Waals surface area contributed by atoms with Crippen molar-refractivity contribution in [3.8, 4) is 11.5 Å². The van der Waals surface area contributed by atoms with E-state index < -0.39 is 0 Å². The summed E-state index contributed by atoms with van der Waals surface area (Å²) < 4.78 is 11.2. The Morgan fingerprint density at radius 2 is 1.68 bits per heavy atom. The number of methoxy groups -OCH3 is 1. The first kappa shape index (κ1) is 16.8. The lowest BCUT2D eigenvalue weighted by Gasteiger charge is -2.17. The minimum absolute atomic E-state index is 0.115. The molecule has 128 valence electrons. The number of hydrogen-bond acceptors (Lipinski definition) is 4. The third kappa shape index (κ3) is 4.26. The normalized spacial score (nSPS) is 14.8. The highest BCUT2D eigenvalue weighted by Gasteiger charge is 2.29. The Morgan fingerprint density at radius 1 is 1.00 bits per heavy atom. The van der Waals surface area contributed by atoms with Crippen molar-refractivity contribution in [2.45, 2.75) is 12.8 Å². The fourth-order valence-corrected chi connectivity index (χ4v) is 2.61. The zero-order valence-corrected chi connectivity index (χ0v) is 14.0. The summed E-state index contributed by atoms with van der Waals surface area (Å²) in [4.78, 5) is 25.1. The molecule has 2 amide bonds. The number of nitrogens with zero attached hydrogens (tertiary/aromatic N) is 1. The summed E-state index contributed by atoms with van der Waals surface area (Å²) in [5.74, 6) is 1.44. The second-order valence-corrected chi connectivity index (χ2v) is 5.68. The molecule has 2 aromatic rings. The van der Waals surface area contributed by atoms with E-state index in [2.05, 4.69) is 0 Å². The number of benzene rings is 2. The molecule has 1 heterocycles. The highest BCUT2D eigenvalue weighted by Crippen LogP contribution is 2.23. The molecule has 5 heteroatoms. The van der Waals surface area contributed by atoms with E-state index in [0.717, 1.165) is 5.56 Å². The van der Waals surface area contributed by atoms with Gasteiger partial charge in [0, 0.05) is 18.9 Å². The Morgan fingerprint density at radius 3 is 2.36 bits per heavy atom. The molecule has 1 saturated heterocycles. The Labute approximate surface area is 146 Å². The lowest BCUT2D eigenvalue weighted by molar-refractivity contribution is -0.138. The fraction of sp³-hybridized carbons (Fsp3) is 0.200. The van der Waals surface area contributed by atoms with Crippen LogP contribution in [0.5, 0.6) is 11.5 Å². The SMILES string of the molecule is COc1cccc(O/C(=C\c2ccccc2)CN2C(=O)CCC2=O)c1. The average molecular weight is 337 g/mol. The first-order chi connectivity index (χ1) is 12.2. The number of ether oxygens (including phenoxy) is 2. The zero-order valence-electron chi connectivity index (χ0n) is 14.0. The molecule has 0 radical (unpaired) electrons. The predicted octanol–water partition coefficient (Wildman–Crippen LogP) is 3.26. The summed E-state index contributed by atoms with van der Waals surface area (Å²) in [5, 5.41) is 0. The maximum atomic E-state index is 11.9. The third-order valence-corrected chi connectivity index (χ3v) is 3.89. The minimum atomic E-state index is -0.168. The van der Waals surface area contributed by atoms with E-state index in [0.29, 0.717) is 17.3 Å². The molecule has 5 nitrogen and oxygen atoms in total. The van der Waals surface area contributed by atoms with E-state index in [1.54, 1.807) is 19.2 Å². The lowest BCUT2D eigenvalue weighted by Crippen LogP contribution is -2.32. The first-order valence-corrected chi connectivity index (χ1v) is 8.06. The van der Waals surface area contributed by atoms with Gasteiger partial charge in [-0.15, -0.1) is 0 Å². The molecular weight excluding hydrogens is 318 g/mol.